The van der Waals surface area contributed by atoms with E-state index in [1.807, 2.05) is 11.8 Å². The molecule has 2 N–H and O–H groups in total. The number of halogens is 2. The van der Waals surface area contributed by atoms with E-state index in [-0.39, 0.29) is 11.9 Å². The Morgan fingerprint density at radius 2 is 2.06 bits per heavy atom. The van der Waals surface area contributed by atoms with E-state index in [1.165, 1.54) is 12.1 Å². The van der Waals surface area contributed by atoms with Crippen molar-refractivity contribution >= 4 is 23.4 Å². The first-order valence-corrected chi connectivity index (χ1v) is 7.29. The van der Waals surface area contributed by atoms with Gasteiger partial charge in [-0.1, -0.05) is 25.4 Å². The van der Waals surface area contributed by atoms with Crippen LogP contribution in [-0.2, 0) is 6.42 Å². The lowest BCUT2D eigenvalue weighted by atomic mass is 10.1. The maximum Gasteiger partial charge on any atom is 0.123 e. The molecule has 0 aliphatic heterocycles. The minimum Gasteiger partial charge on any atom is -0.327 e. The Morgan fingerprint density at radius 3 is 2.71 bits per heavy atom. The molecule has 0 heterocycles. The van der Waals surface area contributed by atoms with Gasteiger partial charge in [0, 0.05) is 16.8 Å². The molecule has 1 nitrogen and oxygen atoms in total. The van der Waals surface area contributed by atoms with Gasteiger partial charge in [0.2, 0.25) is 0 Å². The molecular formula is C13H19ClFNS. The smallest absolute Gasteiger partial charge is 0.123 e. The van der Waals surface area contributed by atoms with Gasteiger partial charge in [-0.25, -0.2) is 4.39 Å². The molecule has 0 aliphatic rings. The predicted molar refractivity (Wildman–Crippen MR) is 75.3 cm³/mol. The zero-order valence-electron chi connectivity index (χ0n) is 10.2. The zero-order valence-corrected chi connectivity index (χ0v) is 11.8. The summed E-state index contributed by atoms with van der Waals surface area (Å²) in [5.74, 6) is 2.40. The van der Waals surface area contributed by atoms with Crippen molar-refractivity contribution in [2.75, 3.05) is 11.5 Å². The van der Waals surface area contributed by atoms with Gasteiger partial charge < -0.3 is 5.73 Å². The van der Waals surface area contributed by atoms with Gasteiger partial charge in [-0.3, -0.25) is 0 Å². The van der Waals surface area contributed by atoms with Gasteiger partial charge in [-0.2, -0.15) is 11.8 Å². The van der Waals surface area contributed by atoms with Crippen molar-refractivity contribution in [1.29, 1.82) is 0 Å². The lowest BCUT2D eigenvalue weighted by Gasteiger charge is -2.13. The van der Waals surface area contributed by atoms with Gasteiger partial charge >= 0.3 is 0 Å². The Hall–Kier alpha value is -0.250. The van der Waals surface area contributed by atoms with Gasteiger partial charge in [-0.15, -0.1) is 0 Å². The molecule has 4 heteroatoms. The lowest BCUT2D eigenvalue weighted by Crippen LogP contribution is -2.26. The van der Waals surface area contributed by atoms with Crippen molar-refractivity contribution in [3.05, 3.63) is 34.6 Å². The molecule has 0 saturated heterocycles. The van der Waals surface area contributed by atoms with Crippen LogP contribution in [0.25, 0.3) is 0 Å². The van der Waals surface area contributed by atoms with Crippen LogP contribution in [-0.4, -0.2) is 17.5 Å². The number of thioether (sulfide) groups is 1. The molecule has 0 aromatic heterocycles. The fourth-order valence-corrected chi connectivity index (χ4v) is 2.72. The zero-order chi connectivity index (χ0) is 12.8. The predicted octanol–water partition coefficient (Wildman–Crippen LogP) is 3.74. The van der Waals surface area contributed by atoms with Crippen LogP contribution in [0, 0.1) is 11.7 Å². The molecule has 1 atom stereocenters. The average Bonchev–Trinajstić information content (AvgIpc) is 2.23. The minimum atomic E-state index is -0.258. The summed E-state index contributed by atoms with van der Waals surface area (Å²) in [6.07, 6.45) is 0.627. The van der Waals surface area contributed by atoms with E-state index >= 15 is 0 Å². The Morgan fingerprint density at radius 1 is 1.35 bits per heavy atom. The molecule has 96 valence electrons. The molecule has 0 radical (unpaired) electrons. The van der Waals surface area contributed by atoms with Gasteiger partial charge in [0.25, 0.3) is 0 Å². The van der Waals surface area contributed by atoms with Gasteiger partial charge in [-0.05, 0) is 41.9 Å². The third-order valence-corrected chi connectivity index (χ3v) is 4.21. The Kier molecular flexibility index (Phi) is 6.31. The Bertz CT molecular complexity index is 357. The summed E-state index contributed by atoms with van der Waals surface area (Å²) in [4.78, 5) is 0. The van der Waals surface area contributed by atoms with Crippen LogP contribution in [0.3, 0.4) is 0 Å². The fraction of sp³-hybridized carbons (Fsp3) is 0.538. The first-order chi connectivity index (χ1) is 7.99. The highest BCUT2D eigenvalue weighted by Crippen LogP contribution is 2.19. The maximum atomic E-state index is 13.1. The van der Waals surface area contributed by atoms with Gasteiger partial charge in [0.05, 0.1) is 0 Å². The number of rotatable bonds is 6. The third kappa shape index (κ3) is 5.75. The summed E-state index contributed by atoms with van der Waals surface area (Å²) in [6, 6.07) is 4.44. The van der Waals surface area contributed by atoms with Crippen LogP contribution in [0.5, 0.6) is 0 Å². The topological polar surface area (TPSA) is 26.0 Å². The molecule has 0 aliphatic carbocycles. The second kappa shape index (κ2) is 7.24. The highest BCUT2D eigenvalue weighted by Gasteiger charge is 2.09. The molecular weight excluding hydrogens is 257 g/mol. The third-order valence-electron chi connectivity index (χ3n) is 2.27. The van der Waals surface area contributed by atoms with Crippen LogP contribution in [0.1, 0.15) is 19.4 Å². The van der Waals surface area contributed by atoms with Crippen molar-refractivity contribution in [2.24, 2.45) is 11.7 Å². The summed E-state index contributed by atoms with van der Waals surface area (Å²) in [6.45, 7) is 4.37. The largest absolute Gasteiger partial charge is 0.327 e. The van der Waals surface area contributed by atoms with E-state index in [0.29, 0.717) is 17.4 Å². The molecule has 0 amide bonds. The van der Waals surface area contributed by atoms with Crippen LogP contribution >= 0.6 is 23.4 Å². The second-order valence-electron chi connectivity index (χ2n) is 4.63. The van der Waals surface area contributed by atoms with E-state index in [1.54, 1.807) is 6.07 Å². The molecule has 17 heavy (non-hydrogen) atoms. The molecule has 1 unspecified atom stereocenters. The van der Waals surface area contributed by atoms with Crippen molar-refractivity contribution in [2.45, 2.75) is 26.3 Å². The second-order valence-corrected chi connectivity index (χ2v) is 6.11. The molecule has 1 aromatic rings. The van der Waals surface area contributed by atoms with E-state index in [4.69, 9.17) is 17.3 Å². The first-order valence-electron chi connectivity index (χ1n) is 5.76. The highest BCUT2D eigenvalue weighted by molar-refractivity contribution is 7.99. The fourth-order valence-electron chi connectivity index (χ4n) is 1.50. The summed E-state index contributed by atoms with van der Waals surface area (Å²) in [7, 11) is 0. The molecule has 1 rings (SSSR count). The van der Waals surface area contributed by atoms with E-state index in [2.05, 4.69) is 13.8 Å². The Labute approximate surface area is 112 Å². The maximum absolute atomic E-state index is 13.1. The number of nitrogens with two attached hydrogens (primary N) is 1. The van der Waals surface area contributed by atoms with Crippen molar-refractivity contribution in [3.63, 3.8) is 0 Å². The van der Waals surface area contributed by atoms with Crippen LogP contribution in [0.4, 0.5) is 4.39 Å². The van der Waals surface area contributed by atoms with Crippen molar-refractivity contribution in [3.8, 4) is 0 Å². The standard InChI is InChI=1S/C13H19ClFNS/c1-9(2)7-17-8-12(16)6-10-5-11(15)3-4-13(10)14/h3-5,9,12H,6-8,16H2,1-2H3. The first kappa shape index (κ1) is 14.8. The summed E-state index contributed by atoms with van der Waals surface area (Å²) in [5, 5.41) is 0.593. The van der Waals surface area contributed by atoms with Crippen molar-refractivity contribution in [1.82, 2.24) is 0 Å². The molecule has 1 aromatic carbocycles. The Balaban J connectivity index is 2.44. The summed E-state index contributed by atoms with van der Waals surface area (Å²) < 4.78 is 13.1. The molecule has 0 spiro atoms. The molecule has 0 saturated carbocycles. The summed E-state index contributed by atoms with van der Waals surface area (Å²) >= 11 is 7.83. The minimum absolute atomic E-state index is 0.0260. The molecule has 0 fully saturated rings. The van der Waals surface area contributed by atoms with Crippen LogP contribution in [0.2, 0.25) is 5.02 Å². The molecule has 0 bridgehead atoms. The average molecular weight is 276 g/mol. The normalized spacial score (nSPS) is 13.1. The van der Waals surface area contributed by atoms with E-state index in [9.17, 15) is 4.39 Å². The quantitative estimate of drug-likeness (QED) is 0.856. The summed E-state index contributed by atoms with van der Waals surface area (Å²) in [5.41, 5.74) is 6.80. The van der Waals surface area contributed by atoms with E-state index < -0.39 is 0 Å². The van der Waals surface area contributed by atoms with Gasteiger partial charge in [0.15, 0.2) is 0 Å². The monoisotopic (exact) mass is 275 g/mol. The van der Waals surface area contributed by atoms with Crippen molar-refractivity contribution < 1.29 is 4.39 Å². The number of hydrogen-bond donors (Lipinski definition) is 1. The highest BCUT2D eigenvalue weighted by atomic mass is 35.5. The number of hydrogen-bond acceptors (Lipinski definition) is 2. The lowest BCUT2D eigenvalue weighted by molar-refractivity contribution is 0.623. The number of benzene rings is 1. The SMILES string of the molecule is CC(C)CSCC(N)Cc1cc(F)ccc1Cl. The van der Waals surface area contributed by atoms with Gasteiger partial charge in [0.1, 0.15) is 5.82 Å². The van der Waals surface area contributed by atoms with E-state index in [0.717, 1.165) is 17.1 Å². The van der Waals surface area contributed by atoms with Crippen LogP contribution < -0.4 is 5.73 Å². The van der Waals surface area contributed by atoms with Crippen LogP contribution in [0.15, 0.2) is 18.2 Å².